The van der Waals surface area contributed by atoms with E-state index < -0.39 is 0 Å². The van der Waals surface area contributed by atoms with Crippen LogP contribution in [0, 0.1) is 6.92 Å². The second-order valence-electron chi connectivity index (χ2n) is 4.52. The third-order valence-electron chi connectivity index (χ3n) is 2.68. The van der Waals surface area contributed by atoms with Gasteiger partial charge >= 0.3 is 0 Å². The first-order valence-corrected chi connectivity index (χ1v) is 8.06. The van der Waals surface area contributed by atoms with Crippen LogP contribution in [0.2, 0.25) is 0 Å². The topological polar surface area (TPSA) is 71.4 Å². The number of aliphatic imine (C=N–C) groups is 1. The fourth-order valence-corrected chi connectivity index (χ4v) is 2.45. The average molecular weight is 319 g/mol. The van der Waals surface area contributed by atoms with Crippen molar-refractivity contribution < 1.29 is 4.74 Å². The lowest BCUT2D eigenvalue weighted by molar-refractivity contribution is 0.320. The van der Waals surface area contributed by atoms with Gasteiger partial charge in [-0.25, -0.2) is 9.98 Å². The number of thiazole rings is 1. The Balaban J connectivity index is 1.76. The van der Waals surface area contributed by atoms with Crippen LogP contribution < -0.4 is 15.4 Å². The minimum absolute atomic E-state index is 0.548. The summed E-state index contributed by atoms with van der Waals surface area (Å²) in [7, 11) is 0. The molecule has 2 N–H and O–H groups in total. The third kappa shape index (κ3) is 5.69. The molecule has 0 aliphatic rings. The zero-order valence-corrected chi connectivity index (χ0v) is 13.7. The van der Waals surface area contributed by atoms with E-state index in [1.165, 1.54) is 4.88 Å². The second-order valence-corrected chi connectivity index (χ2v) is 5.84. The Morgan fingerprint density at radius 2 is 2.27 bits per heavy atom. The Kier molecular flexibility index (Phi) is 6.63. The van der Waals surface area contributed by atoms with Crippen molar-refractivity contribution in [2.24, 2.45) is 4.99 Å². The van der Waals surface area contributed by atoms with E-state index in [9.17, 15) is 0 Å². The van der Waals surface area contributed by atoms with Gasteiger partial charge in [0.1, 0.15) is 17.4 Å². The Morgan fingerprint density at radius 1 is 1.36 bits per heavy atom. The first-order chi connectivity index (χ1) is 10.8. The Labute approximate surface area is 134 Å². The molecule has 22 heavy (non-hydrogen) atoms. The summed E-state index contributed by atoms with van der Waals surface area (Å²) in [6.07, 6.45) is 5.29. The highest BCUT2D eigenvalue weighted by Gasteiger charge is 2.00. The first kappa shape index (κ1) is 16.2. The van der Waals surface area contributed by atoms with E-state index in [-0.39, 0.29) is 0 Å². The molecule has 0 fully saturated rings. The van der Waals surface area contributed by atoms with E-state index in [0.717, 1.165) is 23.3 Å². The van der Waals surface area contributed by atoms with Gasteiger partial charge in [0.2, 0.25) is 0 Å². The lowest BCUT2D eigenvalue weighted by atomic mass is 10.5. The van der Waals surface area contributed by atoms with Crippen molar-refractivity contribution in [2.75, 3.05) is 19.7 Å². The summed E-state index contributed by atoms with van der Waals surface area (Å²) in [4.78, 5) is 14.0. The van der Waals surface area contributed by atoms with Crippen LogP contribution in [0.5, 0.6) is 5.75 Å². The number of aryl methyl sites for hydroxylation is 1. The van der Waals surface area contributed by atoms with Crippen molar-refractivity contribution in [3.05, 3.63) is 40.6 Å². The summed E-state index contributed by atoms with van der Waals surface area (Å²) in [6, 6.07) is 3.74. The molecular formula is C15H21N5OS. The minimum atomic E-state index is 0.548. The molecule has 0 spiro atoms. The highest BCUT2D eigenvalue weighted by atomic mass is 32.1. The molecule has 118 valence electrons. The van der Waals surface area contributed by atoms with Gasteiger partial charge < -0.3 is 15.4 Å². The molecule has 2 aromatic rings. The van der Waals surface area contributed by atoms with E-state index in [0.29, 0.717) is 19.7 Å². The number of pyridine rings is 1. The van der Waals surface area contributed by atoms with Gasteiger partial charge in [0.15, 0.2) is 5.96 Å². The molecule has 2 heterocycles. The summed E-state index contributed by atoms with van der Waals surface area (Å²) in [5.41, 5.74) is 0. The number of hydrogen-bond acceptors (Lipinski definition) is 5. The molecule has 0 amide bonds. The maximum absolute atomic E-state index is 5.58. The standard InChI is InChI=1S/C15H21N5OS/c1-3-17-15(20-11-14-19-9-12(2)22-14)18-7-8-21-13-5-4-6-16-10-13/h4-6,9-10H,3,7-8,11H2,1-2H3,(H2,17,18,20). The van der Waals surface area contributed by atoms with Gasteiger partial charge in [0, 0.05) is 23.8 Å². The van der Waals surface area contributed by atoms with Gasteiger partial charge in [0.05, 0.1) is 19.3 Å². The van der Waals surface area contributed by atoms with E-state index in [1.807, 2.05) is 32.2 Å². The van der Waals surface area contributed by atoms with Crippen LogP contribution in [0.3, 0.4) is 0 Å². The van der Waals surface area contributed by atoms with Crippen LogP contribution in [0.15, 0.2) is 35.7 Å². The summed E-state index contributed by atoms with van der Waals surface area (Å²) in [6.45, 7) is 6.69. The number of rotatable bonds is 7. The van der Waals surface area contributed by atoms with Crippen molar-refractivity contribution in [3.63, 3.8) is 0 Å². The predicted molar refractivity (Wildman–Crippen MR) is 89.4 cm³/mol. The molecule has 0 aromatic carbocycles. The first-order valence-electron chi connectivity index (χ1n) is 7.24. The third-order valence-corrected chi connectivity index (χ3v) is 3.58. The molecule has 0 radical (unpaired) electrons. The van der Waals surface area contributed by atoms with Gasteiger partial charge in [-0.15, -0.1) is 11.3 Å². The summed E-state index contributed by atoms with van der Waals surface area (Å²) < 4.78 is 5.58. The van der Waals surface area contributed by atoms with Crippen LogP contribution in [0.1, 0.15) is 16.8 Å². The van der Waals surface area contributed by atoms with Gasteiger partial charge in [-0.2, -0.15) is 0 Å². The van der Waals surface area contributed by atoms with Crippen molar-refractivity contribution in [1.82, 2.24) is 20.6 Å². The molecule has 0 unspecified atom stereocenters. The molecule has 0 bridgehead atoms. The molecule has 0 atom stereocenters. The molecule has 0 saturated carbocycles. The van der Waals surface area contributed by atoms with Gasteiger partial charge in [-0.3, -0.25) is 4.98 Å². The van der Waals surface area contributed by atoms with Crippen LogP contribution in [0.4, 0.5) is 0 Å². The number of ether oxygens (including phenoxy) is 1. The SMILES string of the molecule is CCNC(=NCc1ncc(C)s1)NCCOc1cccnc1. The van der Waals surface area contributed by atoms with Gasteiger partial charge in [0.25, 0.3) is 0 Å². The lowest BCUT2D eigenvalue weighted by Crippen LogP contribution is -2.39. The largest absolute Gasteiger partial charge is 0.490 e. The fourth-order valence-electron chi connectivity index (χ4n) is 1.73. The van der Waals surface area contributed by atoms with Crippen LogP contribution in [-0.2, 0) is 6.54 Å². The monoisotopic (exact) mass is 319 g/mol. The number of nitrogens with one attached hydrogen (secondary N) is 2. The predicted octanol–water partition coefficient (Wildman–Crippen LogP) is 1.98. The molecule has 7 heteroatoms. The number of aromatic nitrogens is 2. The maximum Gasteiger partial charge on any atom is 0.191 e. The van der Waals surface area contributed by atoms with Crippen LogP contribution >= 0.6 is 11.3 Å². The molecule has 2 rings (SSSR count). The van der Waals surface area contributed by atoms with E-state index in [1.54, 1.807) is 23.7 Å². The molecule has 6 nitrogen and oxygen atoms in total. The van der Waals surface area contributed by atoms with E-state index in [4.69, 9.17) is 4.74 Å². The molecule has 0 saturated heterocycles. The maximum atomic E-state index is 5.58. The van der Waals surface area contributed by atoms with Crippen molar-refractivity contribution >= 4 is 17.3 Å². The van der Waals surface area contributed by atoms with E-state index >= 15 is 0 Å². The quantitative estimate of drug-likeness (QED) is 0.464. The van der Waals surface area contributed by atoms with Gasteiger partial charge in [-0.1, -0.05) is 0 Å². The zero-order chi connectivity index (χ0) is 15.6. The Morgan fingerprint density at radius 3 is 2.95 bits per heavy atom. The van der Waals surface area contributed by atoms with Crippen molar-refractivity contribution in [1.29, 1.82) is 0 Å². The normalized spacial score (nSPS) is 11.3. The van der Waals surface area contributed by atoms with Crippen LogP contribution in [-0.4, -0.2) is 35.6 Å². The number of hydrogen-bond donors (Lipinski definition) is 2. The number of nitrogens with zero attached hydrogens (tertiary/aromatic N) is 3. The lowest BCUT2D eigenvalue weighted by Gasteiger charge is -2.11. The minimum Gasteiger partial charge on any atom is -0.490 e. The Hall–Kier alpha value is -2.15. The van der Waals surface area contributed by atoms with Crippen molar-refractivity contribution in [3.8, 4) is 5.75 Å². The zero-order valence-electron chi connectivity index (χ0n) is 12.9. The number of guanidine groups is 1. The summed E-state index contributed by atoms with van der Waals surface area (Å²) >= 11 is 1.67. The Bertz CT molecular complexity index is 585. The summed E-state index contributed by atoms with van der Waals surface area (Å²) in [5.74, 6) is 1.54. The second kappa shape index (κ2) is 8.99. The molecular weight excluding hydrogens is 298 g/mol. The van der Waals surface area contributed by atoms with Gasteiger partial charge in [-0.05, 0) is 26.0 Å². The fraction of sp³-hybridized carbons (Fsp3) is 0.400. The molecule has 2 aromatic heterocycles. The highest BCUT2D eigenvalue weighted by Crippen LogP contribution is 2.11. The highest BCUT2D eigenvalue weighted by molar-refractivity contribution is 7.11. The summed E-state index contributed by atoms with van der Waals surface area (Å²) in [5, 5.41) is 7.46. The average Bonchev–Trinajstić information content (AvgIpc) is 2.95. The van der Waals surface area contributed by atoms with Crippen LogP contribution in [0.25, 0.3) is 0 Å². The van der Waals surface area contributed by atoms with Crippen molar-refractivity contribution in [2.45, 2.75) is 20.4 Å². The van der Waals surface area contributed by atoms with E-state index in [2.05, 4.69) is 25.6 Å². The molecule has 0 aliphatic heterocycles. The smallest absolute Gasteiger partial charge is 0.191 e. The molecule has 0 aliphatic carbocycles.